The van der Waals surface area contributed by atoms with Gasteiger partial charge in [-0.15, -0.1) is 0 Å². The third-order valence-corrected chi connectivity index (χ3v) is 2.52. The van der Waals surface area contributed by atoms with Gasteiger partial charge in [0.2, 0.25) is 0 Å². The third-order valence-electron chi connectivity index (χ3n) is 2.52. The molecule has 106 valence electrons. The summed E-state index contributed by atoms with van der Waals surface area (Å²) in [6.45, 7) is -0.123. The maximum Gasteiger partial charge on any atom is 0.165 e. The van der Waals surface area contributed by atoms with E-state index in [1.54, 1.807) is 12.1 Å². The zero-order valence-corrected chi connectivity index (χ0v) is 10.6. The summed E-state index contributed by atoms with van der Waals surface area (Å²) in [6, 6.07) is 11.4. The van der Waals surface area contributed by atoms with Crippen molar-refractivity contribution >= 4 is 0 Å². The molecule has 0 fully saturated rings. The Morgan fingerprint density at radius 1 is 0.900 bits per heavy atom. The fourth-order valence-corrected chi connectivity index (χ4v) is 1.52. The quantitative estimate of drug-likeness (QED) is 0.884. The smallest absolute Gasteiger partial charge is 0.165 e. The average molecular weight is 280 g/mol. The van der Waals surface area contributed by atoms with E-state index in [-0.39, 0.29) is 24.8 Å². The van der Waals surface area contributed by atoms with Crippen LogP contribution in [0.25, 0.3) is 0 Å². The molecule has 0 saturated heterocycles. The third kappa shape index (κ3) is 4.20. The summed E-state index contributed by atoms with van der Waals surface area (Å²) in [5, 5.41) is 9.67. The van der Waals surface area contributed by atoms with Gasteiger partial charge in [-0.05, 0) is 36.4 Å². The highest BCUT2D eigenvalue weighted by Gasteiger charge is 2.08. The molecule has 0 bridgehead atoms. The summed E-state index contributed by atoms with van der Waals surface area (Å²) in [4.78, 5) is 0. The fraction of sp³-hybridized carbons (Fsp3) is 0.200. The zero-order valence-electron chi connectivity index (χ0n) is 10.6. The van der Waals surface area contributed by atoms with Crippen LogP contribution in [-0.2, 0) is 0 Å². The van der Waals surface area contributed by atoms with Gasteiger partial charge in [0.1, 0.15) is 30.9 Å². The molecular weight excluding hydrogens is 266 g/mol. The number of benzene rings is 2. The van der Waals surface area contributed by atoms with E-state index < -0.39 is 11.9 Å². The Hall–Kier alpha value is -2.14. The van der Waals surface area contributed by atoms with Crippen LogP contribution in [0.1, 0.15) is 0 Å². The van der Waals surface area contributed by atoms with Crippen molar-refractivity contribution in [3.05, 3.63) is 60.2 Å². The summed E-state index contributed by atoms with van der Waals surface area (Å²) in [5.74, 6) is -0.329. The number of ether oxygens (including phenoxy) is 2. The van der Waals surface area contributed by atoms with Gasteiger partial charge in [-0.1, -0.05) is 12.1 Å². The van der Waals surface area contributed by atoms with Gasteiger partial charge >= 0.3 is 0 Å². The molecule has 5 heteroatoms. The molecule has 1 atom stereocenters. The van der Waals surface area contributed by atoms with Gasteiger partial charge in [0.15, 0.2) is 11.6 Å². The lowest BCUT2D eigenvalue weighted by molar-refractivity contribution is 0.0612. The fourth-order valence-electron chi connectivity index (χ4n) is 1.52. The van der Waals surface area contributed by atoms with Gasteiger partial charge in [-0.3, -0.25) is 0 Å². The molecule has 20 heavy (non-hydrogen) atoms. The molecule has 0 spiro atoms. The second-order valence-corrected chi connectivity index (χ2v) is 4.16. The van der Waals surface area contributed by atoms with Gasteiger partial charge in [0.25, 0.3) is 0 Å². The molecule has 0 aliphatic heterocycles. The van der Waals surface area contributed by atoms with Crippen LogP contribution in [0.3, 0.4) is 0 Å². The molecule has 1 unspecified atom stereocenters. The number of halogens is 2. The summed E-state index contributed by atoms with van der Waals surface area (Å²) >= 11 is 0. The van der Waals surface area contributed by atoms with Crippen LogP contribution in [0.5, 0.6) is 11.5 Å². The summed E-state index contributed by atoms with van der Waals surface area (Å²) in [6.07, 6.45) is -0.917. The summed E-state index contributed by atoms with van der Waals surface area (Å²) in [5.41, 5.74) is 0. The first-order valence-electron chi connectivity index (χ1n) is 6.09. The van der Waals surface area contributed by atoms with Crippen LogP contribution in [0, 0.1) is 11.6 Å². The molecule has 2 aromatic carbocycles. The second-order valence-electron chi connectivity index (χ2n) is 4.16. The lowest BCUT2D eigenvalue weighted by Gasteiger charge is -2.13. The van der Waals surface area contributed by atoms with Gasteiger partial charge in [-0.2, -0.15) is 0 Å². The zero-order chi connectivity index (χ0) is 14.4. The van der Waals surface area contributed by atoms with Crippen LogP contribution in [0.2, 0.25) is 0 Å². The maximum atomic E-state index is 13.3. The Bertz CT molecular complexity index is 543. The van der Waals surface area contributed by atoms with Crippen molar-refractivity contribution in [1.29, 1.82) is 0 Å². The molecule has 3 nitrogen and oxygen atoms in total. The first-order valence-corrected chi connectivity index (χ1v) is 6.09. The van der Waals surface area contributed by atoms with E-state index in [9.17, 15) is 13.9 Å². The Balaban J connectivity index is 1.77. The largest absolute Gasteiger partial charge is 0.491 e. The predicted octanol–water partition coefficient (Wildman–Crippen LogP) is 2.78. The van der Waals surface area contributed by atoms with E-state index in [1.165, 1.54) is 36.4 Å². The monoisotopic (exact) mass is 280 g/mol. The molecule has 0 aliphatic carbocycles. The molecule has 1 N–H and O–H groups in total. The molecular formula is C15H14F2O3. The highest BCUT2D eigenvalue weighted by atomic mass is 19.1. The minimum Gasteiger partial charge on any atom is -0.491 e. The number of rotatable bonds is 6. The van der Waals surface area contributed by atoms with Crippen molar-refractivity contribution in [2.45, 2.75) is 6.10 Å². The first-order chi connectivity index (χ1) is 9.65. The molecule has 2 aromatic rings. The topological polar surface area (TPSA) is 38.7 Å². The number of aliphatic hydroxyl groups excluding tert-OH is 1. The summed E-state index contributed by atoms with van der Waals surface area (Å²) < 4.78 is 36.3. The highest BCUT2D eigenvalue weighted by Crippen LogP contribution is 2.16. The number of aliphatic hydroxyl groups is 1. The molecule has 0 amide bonds. The van der Waals surface area contributed by atoms with E-state index in [0.29, 0.717) is 5.75 Å². The van der Waals surface area contributed by atoms with Gasteiger partial charge in [0, 0.05) is 0 Å². The Labute approximate surface area is 115 Å². The Morgan fingerprint density at radius 3 is 2.25 bits per heavy atom. The highest BCUT2D eigenvalue weighted by molar-refractivity contribution is 5.24. The van der Waals surface area contributed by atoms with E-state index >= 15 is 0 Å². The van der Waals surface area contributed by atoms with Crippen molar-refractivity contribution in [3.8, 4) is 11.5 Å². The van der Waals surface area contributed by atoms with Crippen LogP contribution in [0.15, 0.2) is 48.5 Å². The molecule has 0 aromatic heterocycles. The van der Waals surface area contributed by atoms with Crippen LogP contribution < -0.4 is 9.47 Å². The van der Waals surface area contributed by atoms with E-state index in [2.05, 4.69) is 0 Å². The average Bonchev–Trinajstić information content (AvgIpc) is 2.46. The molecule has 0 radical (unpaired) electrons. The summed E-state index contributed by atoms with van der Waals surface area (Å²) in [7, 11) is 0. The van der Waals surface area contributed by atoms with Crippen molar-refractivity contribution in [2.75, 3.05) is 13.2 Å². The van der Waals surface area contributed by atoms with Gasteiger partial charge in [-0.25, -0.2) is 8.78 Å². The van der Waals surface area contributed by atoms with Gasteiger partial charge in [0.05, 0.1) is 0 Å². The molecule has 0 aliphatic rings. The predicted molar refractivity (Wildman–Crippen MR) is 69.8 cm³/mol. The van der Waals surface area contributed by atoms with Crippen LogP contribution >= 0.6 is 0 Å². The van der Waals surface area contributed by atoms with Crippen molar-refractivity contribution in [2.24, 2.45) is 0 Å². The maximum absolute atomic E-state index is 13.3. The number of hydrogen-bond donors (Lipinski definition) is 1. The molecule has 0 heterocycles. The Kier molecular flexibility index (Phi) is 4.90. The standard InChI is InChI=1S/C15H14F2O3/c16-11-5-7-13(8-6-11)19-9-12(18)10-20-15-4-2-1-3-14(15)17/h1-8,12,18H,9-10H2. The first kappa shape index (κ1) is 14.3. The van der Waals surface area contributed by atoms with E-state index in [0.717, 1.165) is 0 Å². The Morgan fingerprint density at radius 2 is 1.55 bits per heavy atom. The molecule has 2 rings (SSSR count). The molecule has 0 saturated carbocycles. The van der Waals surface area contributed by atoms with Crippen LogP contribution in [0.4, 0.5) is 8.78 Å². The SMILES string of the molecule is OC(COc1ccc(F)cc1)COc1ccccc1F. The minimum atomic E-state index is -0.917. The van der Waals surface area contributed by atoms with Crippen molar-refractivity contribution < 1.29 is 23.4 Å². The lowest BCUT2D eigenvalue weighted by Crippen LogP contribution is -2.25. The normalized spacial score (nSPS) is 11.9. The lowest BCUT2D eigenvalue weighted by atomic mass is 10.3. The minimum absolute atomic E-state index is 0.0277. The van der Waals surface area contributed by atoms with Crippen molar-refractivity contribution in [3.63, 3.8) is 0 Å². The second kappa shape index (κ2) is 6.86. The van der Waals surface area contributed by atoms with E-state index in [1.807, 2.05) is 0 Å². The number of hydrogen-bond acceptors (Lipinski definition) is 3. The van der Waals surface area contributed by atoms with Crippen molar-refractivity contribution in [1.82, 2.24) is 0 Å². The van der Waals surface area contributed by atoms with Gasteiger partial charge < -0.3 is 14.6 Å². The van der Waals surface area contributed by atoms with E-state index in [4.69, 9.17) is 9.47 Å². The number of para-hydroxylation sites is 1. The van der Waals surface area contributed by atoms with Crippen LogP contribution in [-0.4, -0.2) is 24.4 Å².